The second-order valence-corrected chi connectivity index (χ2v) is 8.77. The van der Waals surface area contributed by atoms with Crippen LogP contribution < -0.4 is 0 Å². The predicted molar refractivity (Wildman–Crippen MR) is 102 cm³/mol. The average molecular weight is 462 g/mol. The molecular formula is C17H23BBr2O4. The number of hydrogen-bond acceptors (Lipinski definition) is 4. The van der Waals surface area contributed by atoms with Gasteiger partial charge in [0.1, 0.15) is 0 Å². The standard InChI is InChI=1S/C17H23BBr2O4/c1-6-22-15(21)10-14(11-7-12(19)9-13(20)8-11)18-23-16(2,3)17(4,5)24-18/h7-9,14H,6,10H2,1-5H3. The highest BCUT2D eigenvalue weighted by Crippen LogP contribution is 2.42. The van der Waals surface area contributed by atoms with Gasteiger partial charge in [-0.25, -0.2) is 0 Å². The van der Waals surface area contributed by atoms with Crippen LogP contribution in [0.1, 0.15) is 52.4 Å². The molecule has 1 aromatic carbocycles. The summed E-state index contributed by atoms with van der Waals surface area (Å²) in [7, 11) is -0.513. The number of carbonyl (C=O) groups excluding carboxylic acids is 1. The van der Waals surface area contributed by atoms with Crippen molar-refractivity contribution >= 4 is 44.9 Å². The van der Waals surface area contributed by atoms with Crippen molar-refractivity contribution in [1.29, 1.82) is 0 Å². The number of halogens is 2. The van der Waals surface area contributed by atoms with Crippen LogP contribution in [0.3, 0.4) is 0 Å². The normalized spacial score (nSPS) is 20.0. The van der Waals surface area contributed by atoms with E-state index < -0.39 is 18.3 Å². The minimum atomic E-state index is -0.513. The molecule has 1 fully saturated rings. The molecule has 1 saturated heterocycles. The van der Waals surface area contributed by atoms with E-state index in [2.05, 4.69) is 31.9 Å². The lowest BCUT2D eigenvalue weighted by Gasteiger charge is -2.32. The van der Waals surface area contributed by atoms with Crippen LogP contribution in [0.4, 0.5) is 0 Å². The fourth-order valence-electron chi connectivity index (χ4n) is 2.61. The summed E-state index contributed by atoms with van der Waals surface area (Å²) in [5.74, 6) is -0.507. The molecule has 24 heavy (non-hydrogen) atoms. The number of esters is 1. The maximum Gasteiger partial charge on any atom is 0.466 e. The number of hydrogen-bond donors (Lipinski definition) is 0. The third-order valence-corrected chi connectivity index (χ3v) is 5.52. The molecule has 0 bridgehead atoms. The van der Waals surface area contributed by atoms with Crippen LogP contribution in [0.25, 0.3) is 0 Å². The van der Waals surface area contributed by atoms with E-state index in [4.69, 9.17) is 14.0 Å². The number of benzene rings is 1. The molecule has 1 heterocycles. The van der Waals surface area contributed by atoms with Crippen LogP contribution in [0.2, 0.25) is 0 Å². The maximum absolute atomic E-state index is 12.1. The fraction of sp³-hybridized carbons (Fsp3) is 0.588. The Bertz CT molecular complexity index is 582. The van der Waals surface area contributed by atoms with Crippen molar-refractivity contribution in [1.82, 2.24) is 0 Å². The average Bonchev–Trinajstić information content (AvgIpc) is 2.63. The monoisotopic (exact) mass is 460 g/mol. The second-order valence-electron chi connectivity index (χ2n) is 6.94. The zero-order chi connectivity index (χ0) is 18.1. The van der Waals surface area contributed by atoms with E-state index in [0.29, 0.717) is 6.61 Å². The summed E-state index contributed by atoms with van der Waals surface area (Å²) < 4.78 is 19.4. The van der Waals surface area contributed by atoms with E-state index in [1.165, 1.54) is 0 Å². The quantitative estimate of drug-likeness (QED) is 0.463. The van der Waals surface area contributed by atoms with E-state index >= 15 is 0 Å². The Kier molecular flexibility index (Phi) is 6.22. The lowest BCUT2D eigenvalue weighted by Crippen LogP contribution is -2.41. The summed E-state index contributed by atoms with van der Waals surface area (Å²) in [5.41, 5.74) is 0.0598. The first-order valence-corrected chi connectivity index (χ1v) is 9.61. The molecule has 1 aliphatic rings. The van der Waals surface area contributed by atoms with Gasteiger partial charge in [-0.1, -0.05) is 31.9 Å². The van der Waals surface area contributed by atoms with Gasteiger partial charge in [0.15, 0.2) is 0 Å². The van der Waals surface area contributed by atoms with E-state index in [1.54, 1.807) is 6.92 Å². The van der Waals surface area contributed by atoms with Gasteiger partial charge in [-0.05, 0) is 58.4 Å². The molecule has 1 aliphatic heterocycles. The van der Waals surface area contributed by atoms with Gasteiger partial charge in [-0.15, -0.1) is 0 Å². The minimum Gasteiger partial charge on any atom is -0.466 e. The first kappa shape index (κ1) is 20.0. The molecule has 4 nitrogen and oxygen atoms in total. The van der Waals surface area contributed by atoms with Gasteiger partial charge in [0.2, 0.25) is 0 Å². The SMILES string of the molecule is CCOC(=O)CC(B1OC(C)(C)C(C)(C)O1)c1cc(Br)cc(Br)c1. The molecule has 1 atom stereocenters. The molecule has 132 valence electrons. The van der Waals surface area contributed by atoms with Crippen molar-refractivity contribution in [2.24, 2.45) is 0 Å². The highest BCUT2D eigenvalue weighted by Gasteiger charge is 2.54. The van der Waals surface area contributed by atoms with E-state index in [-0.39, 0.29) is 18.2 Å². The van der Waals surface area contributed by atoms with Gasteiger partial charge in [0.05, 0.1) is 24.2 Å². The van der Waals surface area contributed by atoms with Gasteiger partial charge < -0.3 is 14.0 Å². The third-order valence-electron chi connectivity index (χ3n) is 4.60. The van der Waals surface area contributed by atoms with Crippen LogP contribution in [0.15, 0.2) is 27.1 Å². The Balaban J connectivity index is 2.35. The first-order chi connectivity index (χ1) is 11.1. The zero-order valence-electron chi connectivity index (χ0n) is 14.7. The highest BCUT2D eigenvalue weighted by molar-refractivity contribution is 9.11. The van der Waals surface area contributed by atoms with Gasteiger partial charge in [0, 0.05) is 14.8 Å². The topological polar surface area (TPSA) is 44.8 Å². The fourth-order valence-corrected chi connectivity index (χ4v) is 3.94. The summed E-state index contributed by atoms with van der Waals surface area (Å²) in [6.07, 6.45) is 0.202. The summed E-state index contributed by atoms with van der Waals surface area (Å²) in [4.78, 5) is 12.1. The molecule has 0 saturated carbocycles. The summed E-state index contributed by atoms with van der Waals surface area (Å²) in [5, 5.41) is 0. The lowest BCUT2D eigenvalue weighted by molar-refractivity contribution is -0.143. The first-order valence-electron chi connectivity index (χ1n) is 8.03. The van der Waals surface area contributed by atoms with Gasteiger partial charge in [-0.2, -0.15) is 0 Å². The molecule has 2 rings (SSSR count). The van der Waals surface area contributed by atoms with Gasteiger partial charge >= 0.3 is 13.1 Å². The smallest absolute Gasteiger partial charge is 0.466 e. The molecular weight excluding hydrogens is 439 g/mol. The van der Waals surface area contributed by atoms with Crippen LogP contribution >= 0.6 is 31.9 Å². The van der Waals surface area contributed by atoms with Crippen molar-refractivity contribution in [3.8, 4) is 0 Å². The Morgan fingerprint density at radius 1 is 1.12 bits per heavy atom. The van der Waals surface area contributed by atoms with Crippen molar-refractivity contribution in [2.45, 2.75) is 58.1 Å². The van der Waals surface area contributed by atoms with Crippen molar-refractivity contribution in [3.05, 3.63) is 32.7 Å². The molecule has 0 aromatic heterocycles. The summed E-state index contributed by atoms with van der Waals surface area (Å²) >= 11 is 7.01. The molecule has 0 spiro atoms. The van der Waals surface area contributed by atoms with Crippen molar-refractivity contribution in [2.75, 3.05) is 6.61 Å². The predicted octanol–water partition coefficient (Wildman–Crippen LogP) is 4.88. The third kappa shape index (κ3) is 4.42. The molecule has 0 N–H and O–H groups in total. The maximum atomic E-state index is 12.1. The van der Waals surface area contributed by atoms with Crippen LogP contribution in [0, 0.1) is 0 Å². The van der Waals surface area contributed by atoms with Gasteiger partial charge in [-0.3, -0.25) is 4.79 Å². The molecule has 0 aliphatic carbocycles. The van der Waals surface area contributed by atoms with E-state index in [1.807, 2.05) is 45.9 Å². The number of rotatable bonds is 5. The molecule has 0 radical (unpaired) electrons. The van der Waals surface area contributed by atoms with Crippen LogP contribution in [-0.2, 0) is 18.8 Å². The highest BCUT2D eigenvalue weighted by atomic mass is 79.9. The Hall–Kier alpha value is -0.365. The van der Waals surface area contributed by atoms with Crippen molar-refractivity contribution < 1.29 is 18.8 Å². The Labute approximate surface area is 161 Å². The largest absolute Gasteiger partial charge is 0.466 e. The Morgan fingerprint density at radius 3 is 2.08 bits per heavy atom. The second kappa shape index (κ2) is 7.48. The zero-order valence-corrected chi connectivity index (χ0v) is 17.9. The minimum absolute atomic E-state index is 0.202. The Morgan fingerprint density at radius 2 is 1.62 bits per heavy atom. The number of carbonyl (C=O) groups is 1. The number of ether oxygens (including phenoxy) is 1. The van der Waals surface area contributed by atoms with E-state index in [0.717, 1.165) is 14.5 Å². The van der Waals surface area contributed by atoms with Crippen LogP contribution in [0.5, 0.6) is 0 Å². The van der Waals surface area contributed by atoms with Crippen molar-refractivity contribution in [3.63, 3.8) is 0 Å². The summed E-state index contributed by atoms with van der Waals surface area (Å²) in [6.45, 7) is 10.2. The molecule has 7 heteroatoms. The lowest BCUT2D eigenvalue weighted by atomic mass is 9.66. The van der Waals surface area contributed by atoms with E-state index in [9.17, 15) is 4.79 Å². The molecule has 1 aromatic rings. The van der Waals surface area contributed by atoms with Crippen LogP contribution in [-0.4, -0.2) is 30.9 Å². The van der Waals surface area contributed by atoms with Gasteiger partial charge in [0.25, 0.3) is 0 Å². The summed E-state index contributed by atoms with van der Waals surface area (Å²) in [6, 6.07) is 5.93. The molecule has 1 unspecified atom stereocenters. The molecule has 0 amide bonds.